The lowest BCUT2D eigenvalue weighted by Gasteiger charge is -2.43. The molecule has 8 nitrogen and oxygen atoms in total. The number of rotatable bonds is 5. The first-order valence-corrected chi connectivity index (χ1v) is 11.1. The van der Waals surface area contributed by atoms with E-state index >= 15 is 0 Å². The zero-order chi connectivity index (χ0) is 25.4. The zero-order valence-electron chi connectivity index (χ0n) is 19.2. The number of esters is 2. The monoisotopic (exact) mass is 510 g/mol. The number of halogens is 2. The number of methoxy groups -OCH3 is 1. The van der Waals surface area contributed by atoms with E-state index in [1.807, 2.05) is 6.92 Å². The van der Waals surface area contributed by atoms with Crippen LogP contribution in [0.15, 0.2) is 35.6 Å². The molecule has 1 aliphatic heterocycles. The van der Waals surface area contributed by atoms with Gasteiger partial charge in [0.25, 0.3) is 0 Å². The molecule has 3 rings (SSSR count). The van der Waals surface area contributed by atoms with Gasteiger partial charge in [0.05, 0.1) is 24.7 Å². The van der Waals surface area contributed by atoms with Crippen LogP contribution in [0.25, 0.3) is 0 Å². The number of carbonyl (C=O) groups is 3. The molecule has 0 aromatic heterocycles. The Morgan fingerprint density at radius 3 is 2.53 bits per heavy atom. The molecule has 0 unspecified atom stereocenters. The van der Waals surface area contributed by atoms with E-state index in [0.29, 0.717) is 11.3 Å². The van der Waals surface area contributed by atoms with Gasteiger partial charge in [0, 0.05) is 6.92 Å². The minimum atomic E-state index is -1.89. The Kier molecular flexibility index (Phi) is 7.33. The number of aromatic hydroxyl groups is 1. The van der Waals surface area contributed by atoms with Crippen LogP contribution in [0.2, 0.25) is 10.0 Å². The third kappa shape index (κ3) is 4.40. The Morgan fingerprint density at radius 1 is 1.26 bits per heavy atom. The highest BCUT2D eigenvalue weighted by atomic mass is 35.5. The first-order valence-electron chi connectivity index (χ1n) is 10.3. The number of phenols is 1. The van der Waals surface area contributed by atoms with Crippen LogP contribution in [0.5, 0.6) is 11.5 Å². The standard InChI is InChI=1S/C24H24Cl2O8/c1-6-7-14-8-13-9-16(28)24(4,22(33-12(3)27)15(13)10-32-14)34-23(30)17-11(2)18(25)20(29)19(26)21(17)31-5/h6-9,15,22,29H,10H2,1-5H3/t15-,22+,24+/m1/s1. The summed E-state index contributed by atoms with van der Waals surface area (Å²) in [6, 6.07) is 0. The summed E-state index contributed by atoms with van der Waals surface area (Å²) >= 11 is 12.2. The summed E-state index contributed by atoms with van der Waals surface area (Å²) in [4.78, 5) is 38.5. The Morgan fingerprint density at radius 2 is 1.94 bits per heavy atom. The van der Waals surface area contributed by atoms with Crippen molar-refractivity contribution in [1.29, 1.82) is 0 Å². The number of phenolic OH excluding ortho intramolecular Hbond substituents is 1. The Labute approximate surface area is 206 Å². The molecular weight excluding hydrogens is 487 g/mol. The summed E-state index contributed by atoms with van der Waals surface area (Å²) in [5.74, 6) is -2.87. The average molecular weight is 511 g/mol. The third-order valence-electron chi connectivity index (χ3n) is 5.75. The molecule has 3 atom stereocenters. The SMILES string of the molecule is CC=CC1=CC2=CC(=O)[C@](C)(OC(=O)c3c(C)c(Cl)c(O)c(Cl)c3OC)[C@@H](OC(C)=O)[C@@H]2CO1. The molecule has 0 spiro atoms. The summed E-state index contributed by atoms with van der Waals surface area (Å²) in [7, 11) is 1.25. The van der Waals surface area contributed by atoms with E-state index in [2.05, 4.69) is 0 Å². The van der Waals surface area contributed by atoms with Crippen molar-refractivity contribution in [2.45, 2.75) is 39.4 Å². The molecule has 1 N–H and O–H groups in total. The molecule has 0 radical (unpaired) electrons. The van der Waals surface area contributed by atoms with E-state index in [0.717, 1.165) is 0 Å². The fourth-order valence-corrected chi connectivity index (χ4v) is 4.52. The molecule has 0 fully saturated rings. The minimum absolute atomic E-state index is 0.0968. The molecule has 1 aliphatic carbocycles. The number of fused-ring (bicyclic) bond motifs is 1. The van der Waals surface area contributed by atoms with Crippen LogP contribution >= 0.6 is 23.2 Å². The Hall–Kier alpha value is -2.97. The molecule has 1 aromatic carbocycles. The molecule has 34 heavy (non-hydrogen) atoms. The first kappa shape index (κ1) is 25.6. The molecule has 1 aromatic rings. The molecule has 1 heterocycles. The number of allylic oxidation sites excluding steroid dienone is 3. The molecule has 0 bridgehead atoms. The molecule has 0 amide bonds. The largest absolute Gasteiger partial charge is 0.505 e. The first-order chi connectivity index (χ1) is 16.0. The van der Waals surface area contributed by atoms with E-state index in [1.165, 1.54) is 34.0 Å². The van der Waals surface area contributed by atoms with Gasteiger partial charge in [0.1, 0.15) is 16.3 Å². The fraction of sp³-hybridized carbons (Fsp3) is 0.375. The van der Waals surface area contributed by atoms with Crippen molar-refractivity contribution < 1.29 is 38.4 Å². The van der Waals surface area contributed by atoms with Crippen LogP contribution < -0.4 is 4.74 Å². The van der Waals surface area contributed by atoms with Gasteiger partial charge in [-0.1, -0.05) is 29.3 Å². The third-order valence-corrected chi connectivity index (χ3v) is 6.56. The lowest BCUT2D eigenvalue weighted by atomic mass is 9.74. The second kappa shape index (κ2) is 9.72. The van der Waals surface area contributed by atoms with E-state index in [-0.39, 0.29) is 33.5 Å². The number of ether oxygens (including phenoxy) is 4. The van der Waals surface area contributed by atoms with Crippen molar-refractivity contribution in [2.75, 3.05) is 13.7 Å². The highest BCUT2D eigenvalue weighted by Gasteiger charge is 2.55. The molecular formula is C24H24Cl2O8. The van der Waals surface area contributed by atoms with Crippen LogP contribution in [0.3, 0.4) is 0 Å². The van der Waals surface area contributed by atoms with Crippen LogP contribution in [0, 0.1) is 12.8 Å². The molecule has 0 saturated carbocycles. The van der Waals surface area contributed by atoms with Gasteiger partial charge in [-0.05, 0) is 50.1 Å². The summed E-state index contributed by atoms with van der Waals surface area (Å²) in [5, 5.41) is 9.66. The predicted molar refractivity (Wildman–Crippen MR) is 124 cm³/mol. The summed E-state index contributed by atoms with van der Waals surface area (Å²) in [5.41, 5.74) is -1.33. The predicted octanol–water partition coefficient (Wildman–Crippen LogP) is 4.48. The number of ketones is 1. The number of carbonyl (C=O) groups excluding carboxylic acids is 3. The lowest BCUT2D eigenvalue weighted by molar-refractivity contribution is -0.175. The Bertz CT molecular complexity index is 1150. The van der Waals surface area contributed by atoms with Crippen molar-refractivity contribution >= 4 is 40.9 Å². The van der Waals surface area contributed by atoms with Crippen LogP contribution in [-0.2, 0) is 23.8 Å². The van der Waals surface area contributed by atoms with Crippen molar-refractivity contribution in [2.24, 2.45) is 5.92 Å². The molecule has 10 heteroatoms. The fourth-order valence-electron chi connectivity index (χ4n) is 4.02. The quantitative estimate of drug-likeness (QED) is 0.577. The number of benzene rings is 1. The van der Waals surface area contributed by atoms with Crippen LogP contribution in [-0.4, -0.2) is 48.3 Å². The average Bonchev–Trinajstić information content (AvgIpc) is 2.77. The van der Waals surface area contributed by atoms with Crippen molar-refractivity contribution in [3.05, 3.63) is 56.8 Å². The summed E-state index contributed by atoms with van der Waals surface area (Å²) < 4.78 is 22.1. The summed E-state index contributed by atoms with van der Waals surface area (Å²) in [6.07, 6.45) is 5.39. The normalized spacial score (nSPS) is 24.0. The van der Waals surface area contributed by atoms with Gasteiger partial charge in [0.2, 0.25) is 11.4 Å². The van der Waals surface area contributed by atoms with Crippen LogP contribution in [0.1, 0.15) is 36.7 Å². The number of hydrogen-bond acceptors (Lipinski definition) is 8. The van der Waals surface area contributed by atoms with Gasteiger partial charge >= 0.3 is 11.9 Å². The van der Waals surface area contributed by atoms with Gasteiger partial charge in [-0.3, -0.25) is 9.59 Å². The van der Waals surface area contributed by atoms with Gasteiger partial charge in [-0.25, -0.2) is 4.79 Å². The zero-order valence-corrected chi connectivity index (χ0v) is 20.7. The minimum Gasteiger partial charge on any atom is -0.505 e. The van der Waals surface area contributed by atoms with Gasteiger partial charge in [-0.2, -0.15) is 0 Å². The van der Waals surface area contributed by atoms with Crippen molar-refractivity contribution in [3.8, 4) is 11.5 Å². The smallest absolute Gasteiger partial charge is 0.343 e. The second-order valence-corrected chi connectivity index (χ2v) is 8.77. The maximum atomic E-state index is 13.3. The number of hydrogen-bond donors (Lipinski definition) is 1. The second-order valence-electron chi connectivity index (χ2n) is 8.01. The molecule has 182 valence electrons. The van der Waals surface area contributed by atoms with Crippen molar-refractivity contribution in [3.63, 3.8) is 0 Å². The maximum Gasteiger partial charge on any atom is 0.343 e. The van der Waals surface area contributed by atoms with E-state index in [9.17, 15) is 19.5 Å². The lowest BCUT2D eigenvalue weighted by Crippen LogP contribution is -2.58. The molecule has 2 aliphatic rings. The maximum absolute atomic E-state index is 13.3. The highest BCUT2D eigenvalue weighted by molar-refractivity contribution is 6.39. The molecule has 0 saturated heterocycles. The topological polar surface area (TPSA) is 108 Å². The van der Waals surface area contributed by atoms with E-state index in [1.54, 1.807) is 18.2 Å². The van der Waals surface area contributed by atoms with Gasteiger partial charge in [-0.15, -0.1) is 0 Å². The van der Waals surface area contributed by atoms with Gasteiger partial charge in [0.15, 0.2) is 17.6 Å². The van der Waals surface area contributed by atoms with Gasteiger partial charge < -0.3 is 24.1 Å². The van der Waals surface area contributed by atoms with E-state index in [4.69, 9.17) is 42.1 Å². The van der Waals surface area contributed by atoms with Crippen LogP contribution in [0.4, 0.5) is 0 Å². The summed E-state index contributed by atoms with van der Waals surface area (Å²) in [6.45, 7) is 5.95. The Balaban J connectivity index is 2.09. The van der Waals surface area contributed by atoms with E-state index < -0.39 is 41.1 Å². The highest BCUT2D eigenvalue weighted by Crippen LogP contribution is 2.46. The van der Waals surface area contributed by atoms with Crippen molar-refractivity contribution in [1.82, 2.24) is 0 Å².